The maximum atomic E-state index is 12.4. The lowest BCUT2D eigenvalue weighted by atomic mass is 10.1. The van der Waals surface area contributed by atoms with Gasteiger partial charge < -0.3 is 0 Å². The molecule has 0 amide bonds. The highest BCUT2D eigenvalue weighted by Crippen LogP contribution is 2.32. The standard InChI is InChI=1S/C13H12N4O2/c1-13-8-16-12(19)17(9-5-3-2-4-6-9)11(18)15(16)7-10(13)14-13/h2-6H,7-8H2,1H3. The van der Waals surface area contributed by atoms with E-state index in [4.69, 9.17) is 0 Å². The van der Waals surface area contributed by atoms with Gasteiger partial charge in [-0.15, -0.1) is 0 Å². The number of aromatic nitrogens is 3. The molecule has 0 fully saturated rings. The van der Waals surface area contributed by atoms with E-state index in [0.717, 1.165) is 5.71 Å². The van der Waals surface area contributed by atoms with Gasteiger partial charge in [-0.2, -0.15) is 0 Å². The fourth-order valence-corrected chi connectivity index (χ4v) is 2.66. The van der Waals surface area contributed by atoms with Gasteiger partial charge in [0.1, 0.15) is 5.54 Å². The number of aliphatic imine (C=N–C) groups is 1. The molecule has 0 bridgehead atoms. The van der Waals surface area contributed by atoms with Gasteiger partial charge >= 0.3 is 11.4 Å². The molecule has 1 atom stereocenters. The van der Waals surface area contributed by atoms with E-state index in [1.165, 1.54) is 13.9 Å². The summed E-state index contributed by atoms with van der Waals surface area (Å²) in [5, 5.41) is 0. The smallest absolute Gasteiger partial charge is 0.275 e. The third kappa shape index (κ3) is 1.28. The summed E-state index contributed by atoms with van der Waals surface area (Å²) in [6, 6.07) is 8.99. The highest BCUT2D eigenvalue weighted by Gasteiger charge is 2.47. The van der Waals surface area contributed by atoms with Crippen molar-refractivity contribution in [3.63, 3.8) is 0 Å². The van der Waals surface area contributed by atoms with Crippen LogP contribution in [-0.2, 0) is 13.1 Å². The molecule has 2 aromatic rings. The molecule has 0 saturated heterocycles. The Kier molecular flexibility index (Phi) is 1.74. The van der Waals surface area contributed by atoms with Crippen molar-refractivity contribution < 1.29 is 0 Å². The Hall–Kier alpha value is -2.37. The number of para-hydroxylation sites is 1. The lowest BCUT2D eigenvalue weighted by Crippen LogP contribution is -2.41. The molecule has 0 radical (unpaired) electrons. The maximum absolute atomic E-state index is 12.4. The molecular weight excluding hydrogens is 244 g/mol. The molecule has 96 valence electrons. The lowest BCUT2D eigenvalue weighted by Gasteiger charge is -2.17. The number of rotatable bonds is 1. The Morgan fingerprint density at radius 1 is 1.11 bits per heavy atom. The molecule has 6 nitrogen and oxygen atoms in total. The normalized spacial score (nSPS) is 23.5. The Morgan fingerprint density at radius 3 is 2.53 bits per heavy atom. The Bertz CT molecular complexity index is 825. The fourth-order valence-electron chi connectivity index (χ4n) is 2.66. The summed E-state index contributed by atoms with van der Waals surface area (Å²) in [4.78, 5) is 29.1. The van der Waals surface area contributed by atoms with E-state index in [1.807, 2.05) is 25.1 Å². The number of hydrogen-bond acceptors (Lipinski definition) is 3. The second kappa shape index (κ2) is 3.14. The van der Waals surface area contributed by atoms with Gasteiger partial charge in [0, 0.05) is 0 Å². The van der Waals surface area contributed by atoms with E-state index in [2.05, 4.69) is 4.99 Å². The Morgan fingerprint density at radius 2 is 1.79 bits per heavy atom. The van der Waals surface area contributed by atoms with Crippen LogP contribution in [0.5, 0.6) is 0 Å². The molecule has 1 aromatic heterocycles. The molecule has 0 spiro atoms. The van der Waals surface area contributed by atoms with Crippen molar-refractivity contribution in [1.82, 2.24) is 13.9 Å². The summed E-state index contributed by atoms with van der Waals surface area (Å²) in [5.74, 6) is 0. The van der Waals surface area contributed by atoms with Crippen LogP contribution in [0.15, 0.2) is 44.9 Å². The lowest BCUT2D eigenvalue weighted by molar-refractivity contribution is 0.404. The molecule has 0 saturated carbocycles. The quantitative estimate of drug-likeness (QED) is 0.722. The van der Waals surface area contributed by atoms with Crippen LogP contribution in [0, 0.1) is 0 Å². The van der Waals surface area contributed by atoms with Gasteiger partial charge in [0.25, 0.3) is 0 Å². The summed E-state index contributed by atoms with van der Waals surface area (Å²) in [6.45, 7) is 2.86. The molecule has 1 aromatic carbocycles. The highest BCUT2D eigenvalue weighted by molar-refractivity contribution is 6.05. The van der Waals surface area contributed by atoms with Crippen LogP contribution in [0.25, 0.3) is 5.69 Å². The fraction of sp³-hybridized carbons (Fsp3) is 0.308. The van der Waals surface area contributed by atoms with Gasteiger partial charge in [0.2, 0.25) is 0 Å². The minimum absolute atomic E-state index is 0.237. The minimum atomic E-state index is -0.298. The maximum Gasteiger partial charge on any atom is 0.352 e. The zero-order valence-corrected chi connectivity index (χ0v) is 10.4. The van der Waals surface area contributed by atoms with Gasteiger partial charge in [-0.05, 0) is 19.1 Å². The summed E-state index contributed by atoms with van der Waals surface area (Å²) in [7, 11) is 0. The van der Waals surface area contributed by atoms with Crippen molar-refractivity contribution in [3.8, 4) is 5.69 Å². The van der Waals surface area contributed by atoms with Gasteiger partial charge in [-0.1, -0.05) is 18.2 Å². The number of hydrogen-bond donors (Lipinski definition) is 0. The second-order valence-electron chi connectivity index (χ2n) is 5.18. The van der Waals surface area contributed by atoms with Crippen LogP contribution in [-0.4, -0.2) is 25.2 Å². The van der Waals surface area contributed by atoms with E-state index < -0.39 is 0 Å². The van der Waals surface area contributed by atoms with Crippen molar-refractivity contribution in [2.45, 2.75) is 25.6 Å². The second-order valence-corrected chi connectivity index (χ2v) is 5.18. The van der Waals surface area contributed by atoms with Crippen molar-refractivity contribution in [2.24, 2.45) is 4.99 Å². The molecule has 2 aliphatic rings. The van der Waals surface area contributed by atoms with E-state index in [9.17, 15) is 9.59 Å². The van der Waals surface area contributed by atoms with Crippen molar-refractivity contribution in [3.05, 3.63) is 51.3 Å². The molecule has 19 heavy (non-hydrogen) atoms. The van der Waals surface area contributed by atoms with E-state index in [-0.39, 0.29) is 16.9 Å². The van der Waals surface area contributed by atoms with Crippen LogP contribution in [0.3, 0.4) is 0 Å². The zero-order valence-electron chi connectivity index (χ0n) is 10.4. The monoisotopic (exact) mass is 256 g/mol. The number of nitrogens with zero attached hydrogens (tertiary/aromatic N) is 4. The molecule has 3 heterocycles. The molecule has 1 unspecified atom stereocenters. The van der Waals surface area contributed by atoms with E-state index in [1.54, 1.807) is 12.1 Å². The zero-order chi connectivity index (χ0) is 13.2. The summed E-state index contributed by atoms with van der Waals surface area (Å²) in [6.07, 6.45) is 0. The van der Waals surface area contributed by atoms with Crippen LogP contribution < -0.4 is 11.4 Å². The molecule has 2 aliphatic heterocycles. The summed E-state index contributed by atoms with van der Waals surface area (Å²) < 4.78 is 4.19. The van der Waals surface area contributed by atoms with Crippen LogP contribution >= 0.6 is 0 Å². The third-order valence-electron chi connectivity index (χ3n) is 3.84. The first-order valence-electron chi connectivity index (χ1n) is 6.17. The van der Waals surface area contributed by atoms with E-state index in [0.29, 0.717) is 18.8 Å². The molecule has 0 aliphatic carbocycles. The molecule has 6 heteroatoms. The van der Waals surface area contributed by atoms with E-state index >= 15 is 0 Å². The van der Waals surface area contributed by atoms with Gasteiger partial charge in [0.15, 0.2) is 0 Å². The average Bonchev–Trinajstić information content (AvgIpc) is 3.02. The van der Waals surface area contributed by atoms with Crippen LogP contribution in [0.1, 0.15) is 6.92 Å². The van der Waals surface area contributed by atoms with Crippen molar-refractivity contribution in [1.29, 1.82) is 0 Å². The number of fused-ring (bicyclic) bond motifs is 2. The topological polar surface area (TPSA) is 61.3 Å². The predicted molar refractivity (Wildman–Crippen MR) is 70.1 cm³/mol. The average molecular weight is 256 g/mol. The van der Waals surface area contributed by atoms with Crippen molar-refractivity contribution >= 4 is 5.71 Å². The molecule has 4 rings (SSSR count). The Labute approximate surface area is 108 Å². The molecule has 0 N–H and O–H groups in total. The van der Waals surface area contributed by atoms with Gasteiger partial charge in [0.05, 0.1) is 24.5 Å². The van der Waals surface area contributed by atoms with Crippen LogP contribution in [0.2, 0.25) is 0 Å². The van der Waals surface area contributed by atoms with Gasteiger partial charge in [-0.25, -0.2) is 23.5 Å². The third-order valence-corrected chi connectivity index (χ3v) is 3.84. The highest BCUT2D eigenvalue weighted by atomic mass is 16.2. The first-order chi connectivity index (χ1) is 9.10. The SMILES string of the molecule is CC12Cn3c(=O)n(-c4ccccc4)c(=O)n3CC1=N2. The first kappa shape index (κ1) is 10.5. The summed E-state index contributed by atoms with van der Waals surface area (Å²) in [5.41, 5.74) is 0.776. The van der Waals surface area contributed by atoms with Crippen LogP contribution in [0.4, 0.5) is 0 Å². The first-order valence-corrected chi connectivity index (χ1v) is 6.17. The minimum Gasteiger partial charge on any atom is -0.275 e. The van der Waals surface area contributed by atoms with Crippen molar-refractivity contribution in [2.75, 3.05) is 0 Å². The predicted octanol–water partition coefficient (Wildman–Crippen LogP) is 0.0276. The number of benzene rings is 1. The summed E-state index contributed by atoms with van der Waals surface area (Å²) >= 11 is 0. The van der Waals surface area contributed by atoms with Gasteiger partial charge in [-0.3, -0.25) is 4.99 Å². The molecular formula is C13H12N4O2. The largest absolute Gasteiger partial charge is 0.352 e. The Balaban J connectivity index is 1.97.